The van der Waals surface area contributed by atoms with E-state index >= 15 is 4.39 Å². The molecule has 0 fully saturated rings. The quantitative estimate of drug-likeness (QED) is 0.506. The summed E-state index contributed by atoms with van der Waals surface area (Å²) in [4.78, 5) is 25.9. The van der Waals surface area contributed by atoms with Crippen LogP contribution in [0.5, 0.6) is 5.75 Å². The lowest BCUT2D eigenvalue weighted by molar-refractivity contribution is -0.149. The first-order chi connectivity index (χ1) is 14.6. The standard InChI is InChI=1S/C23H22ClF2NO4/c1-5-11(2)31-23(30)12(3)18-13(4)27(22(29)14-7-6-8-15(24)9-14)17-10-16(25)21(28)20(26)19(17)18/h6-12,28H,5H2,1-4H3. The summed E-state index contributed by atoms with van der Waals surface area (Å²) in [5.74, 6) is -5.80. The molecule has 164 valence electrons. The fourth-order valence-electron chi connectivity index (χ4n) is 3.55. The molecule has 1 N–H and O–H groups in total. The number of rotatable bonds is 5. The Morgan fingerprint density at radius 3 is 2.52 bits per heavy atom. The number of aromatic hydroxyl groups is 1. The molecule has 0 aliphatic heterocycles. The largest absolute Gasteiger partial charge is 0.503 e. The monoisotopic (exact) mass is 449 g/mol. The summed E-state index contributed by atoms with van der Waals surface area (Å²) in [7, 11) is 0. The fourth-order valence-corrected chi connectivity index (χ4v) is 3.74. The Bertz CT molecular complexity index is 1190. The number of esters is 1. The number of phenols is 1. The Kier molecular flexibility index (Phi) is 6.36. The van der Waals surface area contributed by atoms with Gasteiger partial charge in [-0.25, -0.2) is 8.78 Å². The molecule has 0 aliphatic carbocycles. The summed E-state index contributed by atoms with van der Waals surface area (Å²) in [5, 5.41) is 9.96. The zero-order valence-corrected chi connectivity index (χ0v) is 18.3. The van der Waals surface area contributed by atoms with Crippen molar-refractivity contribution in [2.24, 2.45) is 0 Å². The van der Waals surface area contributed by atoms with Gasteiger partial charge in [0.2, 0.25) is 0 Å². The Morgan fingerprint density at radius 2 is 1.90 bits per heavy atom. The van der Waals surface area contributed by atoms with Gasteiger partial charge in [-0.2, -0.15) is 0 Å². The molecule has 3 rings (SSSR count). The van der Waals surface area contributed by atoms with E-state index in [1.165, 1.54) is 26.0 Å². The van der Waals surface area contributed by atoms with Gasteiger partial charge in [0.1, 0.15) is 0 Å². The second-order valence-corrected chi connectivity index (χ2v) is 7.88. The van der Waals surface area contributed by atoms with Crippen LogP contribution < -0.4 is 0 Å². The number of carbonyl (C=O) groups excluding carboxylic acids is 2. The fraction of sp³-hybridized carbons (Fsp3) is 0.304. The minimum atomic E-state index is -1.24. The molecule has 8 heteroatoms. The minimum absolute atomic E-state index is 0.103. The molecule has 0 radical (unpaired) electrons. The number of carbonyl (C=O) groups is 2. The van der Waals surface area contributed by atoms with E-state index < -0.39 is 35.2 Å². The summed E-state index contributed by atoms with van der Waals surface area (Å²) in [6.45, 7) is 6.62. The molecule has 1 heterocycles. The number of ether oxygens (including phenoxy) is 1. The molecule has 0 aliphatic rings. The number of nitrogens with zero attached hydrogens (tertiary/aromatic N) is 1. The molecular weight excluding hydrogens is 428 g/mol. The maximum Gasteiger partial charge on any atom is 0.313 e. The van der Waals surface area contributed by atoms with Crippen molar-refractivity contribution in [3.8, 4) is 5.75 Å². The summed E-state index contributed by atoms with van der Waals surface area (Å²) in [6, 6.07) is 7.00. The Hall–Kier alpha value is -2.93. The molecule has 0 saturated heterocycles. The average molecular weight is 450 g/mol. The van der Waals surface area contributed by atoms with Gasteiger partial charge < -0.3 is 9.84 Å². The van der Waals surface area contributed by atoms with Gasteiger partial charge in [0.25, 0.3) is 5.91 Å². The SMILES string of the molecule is CCC(C)OC(=O)C(C)c1c(C)n(C(=O)c2cccc(Cl)c2)c2cc(F)c(O)c(F)c12. The van der Waals surface area contributed by atoms with Crippen LogP contribution in [0.15, 0.2) is 30.3 Å². The predicted octanol–water partition coefficient (Wildman–Crippen LogP) is 5.72. The van der Waals surface area contributed by atoms with E-state index in [1.54, 1.807) is 19.1 Å². The van der Waals surface area contributed by atoms with Crippen LogP contribution in [0.4, 0.5) is 8.78 Å². The summed E-state index contributed by atoms with van der Waals surface area (Å²) in [5.41, 5.74) is 0.472. The van der Waals surface area contributed by atoms with Gasteiger partial charge in [0.05, 0.1) is 17.5 Å². The van der Waals surface area contributed by atoms with Crippen molar-refractivity contribution in [2.75, 3.05) is 0 Å². The number of aromatic nitrogens is 1. The van der Waals surface area contributed by atoms with Crippen molar-refractivity contribution in [3.05, 3.63) is 63.8 Å². The van der Waals surface area contributed by atoms with E-state index in [0.717, 1.165) is 10.6 Å². The molecule has 2 unspecified atom stereocenters. The average Bonchev–Trinajstić information content (AvgIpc) is 3.02. The smallest absolute Gasteiger partial charge is 0.313 e. The van der Waals surface area contributed by atoms with Gasteiger partial charge >= 0.3 is 5.97 Å². The second-order valence-electron chi connectivity index (χ2n) is 7.44. The van der Waals surface area contributed by atoms with Crippen LogP contribution in [-0.2, 0) is 9.53 Å². The zero-order chi connectivity index (χ0) is 23.0. The van der Waals surface area contributed by atoms with Crippen molar-refractivity contribution < 1.29 is 28.2 Å². The van der Waals surface area contributed by atoms with Crippen molar-refractivity contribution in [1.29, 1.82) is 0 Å². The Labute approximate surface area is 183 Å². The minimum Gasteiger partial charge on any atom is -0.503 e. The van der Waals surface area contributed by atoms with Crippen molar-refractivity contribution >= 4 is 34.4 Å². The first kappa shape index (κ1) is 22.7. The predicted molar refractivity (Wildman–Crippen MR) is 114 cm³/mol. The van der Waals surface area contributed by atoms with Crippen LogP contribution in [0.3, 0.4) is 0 Å². The number of hydrogen-bond donors (Lipinski definition) is 1. The van der Waals surface area contributed by atoms with Gasteiger partial charge in [-0.3, -0.25) is 14.2 Å². The van der Waals surface area contributed by atoms with Crippen LogP contribution in [0.2, 0.25) is 5.02 Å². The topological polar surface area (TPSA) is 68.5 Å². The summed E-state index contributed by atoms with van der Waals surface area (Å²) < 4.78 is 35.7. The Balaban J connectivity index is 2.28. The van der Waals surface area contributed by atoms with Crippen molar-refractivity contribution in [2.45, 2.75) is 46.1 Å². The maximum absolute atomic E-state index is 15.0. The van der Waals surface area contributed by atoms with Crippen LogP contribution in [0, 0.1) is 18.6 Å². The highest BCUT2D eigenvalue weighted by Crippen LogP contribution is 2.39. The number of benzene rings is 2. The lowest BCUT2D eigenvalue weighted by Crippen LogP contribution is -2.20. The normalized spacial score (nSPS) is 13.3. The molecular formula is C23H22ClF2NO4. The molecule has 0 saturated carbocycles. The molecule has 0 amide bonds. The molecule has 5 nitrogen and oxygen atoms in total. The van der Waals surface area contributed by atoms with Crippen LogP contribution in [0.25, 0.3) is 10.9 Å². The molecule has 31 heavy (non-hydrogen) atoms. The molecule has 0 spiro atoms. The zero-order valence-electron chi connectivity index (χ0n) is 17.5. The van der Waals surface area contributed by atoms with Crippen molar-refractivity contribution in [3.63, 3.8) is 0 Å². The third-order valence-corrected chi connectivity index (χ3v) is 5.60. The van der Waals surface area contributed by atoms with Gasteiger partial charge in [0.15, 0.2) is 17.4 Å². The van der Waals surface area contributed by atoms with Gasteiger partial charge in [-0.05, 0) is 51.0 Å². The number of phenolic OH excluding ortho intramolecular Hbond substituents is 1. The number of halogens is 3. The number of hydrogen-bond acceptors (Lipinski definition) is 4. The van der Waals surface area contributed by atoms with Gasteiger partial charge in [0, 0.05) is 27.7 Å². The molecule has 2 aromatic carbocycles. The Morgan fingerprint density at radius 1 is 1.23 bits per heavy atom. The van der Waals surface area contributed by atoms with Gasteiger partial charge in [-0.1, -0.05) is 24.6 Å². The van der Waals surface area contributed by atoms with Crippen LogP contribution >= 0.6 is 11.6 Å². The second kappa shape index (κ2) is 8.67. The molecule has 3 aromatic rings. The van der Waals surface area contributed by atoms with E-state index in [4.69, 9.17) is 16.3 Å². The van der Waals surface area contributed by atoms with E-state index in [-0.39, 0.29) is 33.8 Å². The van der Waals surface area contributed by atoms with Crippen molar-refractivity contribution in [1.82, 2.24) is 4.57 Å². The summed E-state index contributed by atoms with van der Waals surface area (Å²) in [6.07, 6.45) is 0.236. The third kappa shape index (κ3) is 4.02. The van der Waals surface area contributed by atoms with Gasteiger partial charge in [-0.15, -0.1) is 0 Å². The first-order valence-corrected chi connectivity index (χ1v) is 10.2. The highest BCUT2D eigenvalue weighted by Gasteiger charge is 2.31. The molecule has 2 atom stereocenters. The summed E-state index contributed by atoms with van der Waals surface area (Å²) >= 11 is 5.99. The van der Waals surface area contributed by atoms with E-state index in [9.17, 15) is 19.1 Å². The first-order valence-electron chi connectivity index (χ1n) is 9.81. The number of fused-ring (bicyclic) bond motifs is 1. The lowest BCUT2D eigenvalue weighted by Gasteiger charge is -2.16. The van der Waals surface area contributed by atoms with Crippen LogP contribution in [0.1, 0.15) is 54.7 Å². The lowest BCUT2D eigenvalue weighted by atomic mass is 9.97. The van der Waals surface area contributed by atoms with Crippen LogP contribution in [-0.4, -0.2) is 27.7 Å². The van der Waals surface area contributed by atoms with E-state index in [0.29, 0.717) is 11.4 Å². The highest BCUT2D eigenvalue weighted by atomic mass is 35.5. The molecule has 0 bridgehead atoms. The molecule has 1 aromatic heterocycles. The maximum atomic E-state index is 15.0. The highest BCUT2D eigenvalue weighted by molar-refractivity contribution is 6.31. The van der Waals surface area contributed by atoms with E-state index in [1.807, 2.05) is 6.92 Å². The van der Waals surface area contributed by atoms with E-state index in [2.05, 4.69) is 0 Å². The third-order valence-electron chi connectivity index (χ3n) is 5.36.